The number of anilines is 1. The van der Waals surface area contributed by atoms with Gasteiger partial charge >= 0.3 is 0 Å². The molecule has 2 aromatic rings. The van der Waals surface area contributed by atoms with Gasteiger partial charge in [0.15, 0.2) is 11.4 Å². The summed E-state index contributed by atoms with van der Waals surface area (Å²) in [6.07, 6.45) is 7.16. The van der Waals surface area contributed by atoms with Crippen LogP contribution in [0.2, 0.25) is 0 Å². The Morgan fingerprint density at radius 3 is 3.05 bits per heavy atom. The van der Waals surface area contributed by atoms with Crippen molar-refractivity contribution in [3.63, 3.8) is 0 Å². The van der Waals surface area contributed by atoms with E-state index in [4.69, 9.17) is 4.98 Å². The van der Waals surface area contributed by atoms with Gasteiger partial charge in [-0.25, -0.2) is 9.97 Å². The minimum atomic E-state index is 0.525. The molecule has 0 unspecified atom stereocenters. The van der Waals surface area contributed by atoms with E-state index in [1.165, 1.54) is 24.2 Å². The lowest BCUT2D eigenvalue weighted by Crippen LogP contribution is -2.33. The summed E-state index contributed by atoms with van der Waals surface area (Å²) in [4.78, 5) is 23.2. The van der Waals surface area contributed by atoms with Crippen LogP contribution in [0.4, 0.5) is 5.13 Å². The van der Waals surface area contributed by atoms with Crippen LogP contribution in [0.5, 0.6) is 0 Å². The van der Waals surface area contributed by atoms with Crippen LogP contribution in [-0.4, -0.2) is 27.4 Å². The average Bonchev–Trinajstić information content (AvgIpc) is 3.03. The van der Waals surface area contributed by atoms with Gasteiger partial charge in [0.25, 0.3) is 0 Å². The first-order chi connectivity index (χ1) is 9.35. The van der Waals surface area contributed by atoms with Crippen LogP contribution in [0.15, 0.2) is 12.4 Å². The van der Waals surface area contributed by atoms with Crippen LogP contribution in [-0.2, 0) is 13.1 Å². The fourth-order valence-electron chi connectivity index (χ4n) is 2.54. The van der Waals surface area contributed by atoms with Gasteiger partial charge in [0.1, 0.15) is 5.82 Å². The van der Waals surface area contributed by atoms with Crippen molar-refractivity contribution in [2.75, 3.05) is 11.4 Å². The molecule has 4 rings (SSSR count). The van der Waals surface area contributed by atoms with Gasteiger partial charge in [-0.3, -0.25) is 4.79 Å². The van der Waals surface area contributed by atoms with Crippen LogP contribution < -0.4 is 4.90 Å². The maximum Gasteiger partial charge on any atom is 0.186 e. The number of nitrogens with zero attached hydrogens (tertiary/aromatic N) is 4. The third-order valence-electron chi connectivity index (χ3n) is 3.76. The molecule has 0 atom stereocenters. The van der Waals surface area contributed by atoms with Gasteiger partial charge in [-0.1, -0.05) is 11.3 Å². The summed E-state index contributed by atoms with van der Waals surface area (Å²) >= 11 is 1.52. The Hall–Kier alpha value is -1.69. The predicted molar refractivity (Wildman–Crippen MR) is 72.8 cm³/mol. The number of rotatable bonds is 3. The molecule has 0 spiro atoms. The van der Waals surface area contributed by atoms with Crippen LogP contribution in [0.3, 0.4) is 0 Å². The number of hydrogen-bond donors (Lipinski definition) is 0. The Morgan fingerprint density at radius 2 is 2.26 bits per heavy atom. The van der Waals surface area contributed by atoms with E-state index in [0.717, 1.165) is 47.4 Å². The highest BCUT2D eigenvalue weighted by atomic mass is 32.1. The number of fused-ring (bicyclic) bond motifs is 1. The molecule has 1 aliphatic heterocycles. The Balaban J connectivity index is 1.64. The van der Waals surface area contributed by atoms with E-state index in [9.17, 15) is 4.79 Å². The molecule has 2 aliphatic rings. The predicted octanol–water partition coefficient (Wildman–Crippen LogP) is 2.05. The molecule has 0 radical (unpaired) electrons. The van der Waals surface area contributed by atoms with E-state index in [-0.39, 0.29) is 0 Å². The Morgan fingerprint density at radius 1 is 1.37 bits per heavy atom. The lowest BCUT2D eigenvalue weighted by atomic mass is 10.3. The van der Waals surface area contributed by atoms with E-state index in [2.05, 4.69) is 14.5 Å². The second kappa shape index (κ2) is 4.16. The van der Waals surface area contributed by atoms with Gasteiger partial charge < -0.3 is 9.47 Å². The number of carbonyl (C=O) groups is 1. The summed E-state index contributed by atoms with van der Waals surface area (Å²) in [5.74, 6) is 1.60. The topological polar surface area (TPSA) is 51.0 Å². The minimum absolute atomic E-state index is 0.525. The van der Waals surface area contributed by atoms with Crippen molar-refractivity contribution in [2.24, 2.45) is 0 Å². The summed E-state index contributed by atoms with van der Waals surface area (Å²) in [5.41, 5.74) is 1.02. The summed E-state index contributed by atoms with van der Waals surface area (Å²) in [6.45, 7) is 2.65. The quantitative estimate of drug-likeness (QED) is 0.804. The van der Waals surface area contributed by atoms with Crippen molar-refractivity contribution in [1.82, 2.24) is 14.5 Å². The average molecular weight is 274 g/mol. The zero-order valence-corrected chi connectivity index (χ0v) is 11.3. The molecule has 0 saturated heterocycles. The van der Waals surface area contributed by atoms with Crippen LogP contribution in [0.25, 0.3) is 0 Å². The summed E-state index contributed by atoms with van der Waals surface area (Å²) < 4.78 is 2.17. The van der Waals surface area contributed by atoms with Crippen molar-refractivity contribution >= 4 is 22.8 Å². The summed E-state index contributed by atoms with van der Waals surface area (Å²) in [6, 6.07) is 0. The zero-order chi connectivity index (χ0) is 12.8. The second-order valence-corrected chi connectivity index (χ2v) is 6.11. The highest BCUT2D eigenvalue weighted by Crippen LogP contribution is 2.43. The molecule has 0 bridgehead atoms. The summed E-state index contributed by atoms with van der Waals surface area (Å²) in [7, 11) is 0. The first-order valence-electron chi connectivity index (χ1n) is 6.56. The van der Waals surface area contributed by atoms with Gasteiger partial charge in [-0.05, 0) is 12.8 Å². The Kier molecular flexibility index (Phi) is 2.44. The standard InChI is InChI=1S/C13H14N4OS/c18-8-10-12(9-1-2-9)15-13(19-10)17-6-5-16-4-3-14-11(16)7-17/h3-4,8-9H,1-2,5-7H2. The van der Waals surface area contributed by atoms with Crippen molar-refractivity contribution in [3.8, 4) is 0 Å². The Labute approximate surface area is 114 Å². The van der Waals surface area contributed by atoms with Gasteiger partial charge in [0.05, 0.1) is 17.1 Å². The van der Waals surface area contributed by atoms with Gasteiger partial charge in [-0.15, -0.1) is 0 Å². The highest BCUT2D eigenvalue weighted by Gasteiger charge is 2.31. The third kappa shape index (κ3) is 1.87. The van der Waals surface area contributed by atoms with Crippen LogP contribution in [0.1, 0.15) is 39.9 Å². The number of aldehydes is 1. The molecule has 2 aromatic heterocycles. The molecule has 98 valence electrons. The van der Waals surface area contributed by atoms with Crippen LogP contribution in [0, 0.1) is 0 Å². The normalized spacial score (nSPS) is 18.4. The fourth-order valence-corrected chi connectivity index (χ4v) is 3.53. The van der Waals surface area contributed by atoms with E-state index >= 15 is 0 Å². The SMILES string of the molecule is O=Cc1sc(N2CCn3ccnc3C2)nc1C1CC1. The highest BCUT2D eigenvalue weighted by molar-refractivity contribution is 7.17. The monoisotopic (exact) mass is 274 g/mol. The zero-order valence-electron chi connectivity index (χ0n) is 10.5. The molecule has 6 heteroatoms. The molecule has 0 aromatic carbocycles. The van der Waals surface area contributed by atoms with Crippen molar-refractivity contribution in [1.29, 1.82) is 0 Å². The molecule has 19 heavy (non-hydrogen) atoms. The van der Waals surface area contributed by atoms with Crippen molar-refractivity contribution in [2.45, 2.75) is 31.8 Å². The van der Waals surface area contributed by atoms with Gasteiger partial charge in [0.2, 0.25) is 0 Å². The number of aromatic nitrogens is 3. The fraction of sp³-hybridized carbons (Fsp3) is 0.462. The molecular formula is C13H14N4OS. The maximum absolute atomic E-state index is 11.1. The third-order valence-corrected chi connectivity index (χ3v) is 4.81. The van der Waals surface area contributed by atoms with E-state index in [1.54, 1.807) is 0 Å². The molecule has 3 heterocycles. The largest absolute Gasteiger partial charge is 0.339 e. The lowest BCUT2D eigenvalue weighted by Gasteiger charge is -2.27. The summed E-state index contributed by atoms with van der Waals surface area (Å²) in [5, 5.41) is 0.971. The molecule has 1 aliphatic carbocycles. The number of thiazole rings is 1. The molecule has 0 N–H and O–H groups in total. The van der Waals surface area contributed by atoms with E-state index in [0.29, 0.717) is 5.92 Å². The van der Waals surface area contributed by atoms with Crippen molar-refractivity contribution < 1.29 is 4.79 Å². The lowest BCUT2D eigenvalue weighted by molar-refractivity contribution is 0.112. The van der Waals surface area contributed by atoms with Crippen LogP contribution >= 0.6 is 11.3 Å². The molecular weight excluding hydrogens is 260 g/mol. The smallest absolute Gasteiger partial charge is 0.186 e. The maximum atomic E-state index is 11.1. The number of hydrogen-bond acceptors (Lipinski definition) is 5. The number of carbonyl (C=O) groups excluding carboxylic acids is 1. The Bertz CT molecular complexity index is 628. The number of imidazole rings is 1. The first kappa shape index (κ1) is 11.2. The first-order valence-corrected chi connectivity index (χ1v) is 7.37. The van der Waals surface area contributed by atoms with Gasteiger partial charge in [0, 0.05) is 31.4 Å². The molecule has 1 fully saturated rings. The molecule has 1 saturated carbocycles. The van der Waals surface area contributed by atoms with Gasteiger partial charge in [-0.2, -0.15) is 0 Å². The minimum Gasteiger partial charge on any atom is -0.339 e. The molecule has 0 amide bonds. The second-order valence-electron chi connectivity index (χ2n) is 5.10. The van der Waals surface area contributed by atoms with E-state index < -0.39 is 0 Å². The van der Waals surface area contributed by atoms with Crippen molar-refractivity contribution in [3.05, 3.63) is 28.8 Å². The molecule has 5 nitrogen and oxygen atoms in total. The van der Waals surface area contributed by atoms with E-state index in [1.807, 2.05) is 12.4 Å².